The standard InChI is InChI=1S/C10H22O3S.Na/c1-2-3-4-5-6-7-8-9-10-14(11,12)13;/h2-10H2,1H3,(H,11,12,13);/q;+1/p-1. The summed E-state index contributed by atoms with van der Waals surface area (Å²) in [5.74, 6) is -0.193. The summed E-state index contributed by atoms with van der Waals surface area (Å²) < 4.78 is 30.7. The first kappa shape index (κ1) is 18.3. The summed E-state index contributed by atoms with van der Waals surface area (Å²) in [7, 11) is -3.98. The van der Waals surface area contributed by atoms with Crippen LogP contribution in [0, 0.1) is 0 Å². The van der Waals surface area contributed by atoms with Gasteiger partial charge < -0.3 is 4.55 Å². The van der Waals surface area contributed by atoms with E-state index in [0.717, 1.165) is 12.8 Å². The van der Waals surface area contributed by atoms with Crippen molar-refractivity contribution >= 4 is 10.1 Å². The molecule has 0 aromatic rings. The van der Waals surface area contributed by atoms with E-state index in [9.17, 15) is 13.0 Å². The monoisotopic (exact) mass is 244 g/mol. The molecular weight excluding hydrogens is 223 g/mol. The van der Waals surface area contributed by atoms with Gasteiger partial charge in [0.25, 0.3) is 0 Å². The van der Waals surface area contributed by atoms with E-state index < -0.39 is 10.1 Å². The van der Waals surface area contributed by atoms with Crippen molar-refractivity contribution in [3.8, 4) is 0 Å². The molecule has 5 heteroatoms. The molecule has 0 rings (SSSR count). The van der Waals surface area contributed by atoms with Crippen LogP contribution in [-0.4, -0.2) is 18.7 Å². The predicted molar refractivity (Wildman–Crippen MR) is 57.2 cm³/mol. The van der Waals surface area contributed by atoms with E-state index in [2.05, 4.69) is 6.92 Å². The zero-order valence-electron chi connectivity index (χ0n) is 10.00. The Labute approximate surface area is 116 Å². The first-order chi connectivity index (χ1) is 6.56. The molecule has 0 amide bonds. The number of hydrogen-bond donors (Lipinski definition) is 0. The second-order valence-corrected chi connectivity index (χ2v) is 5.26. The summed E-state index contributed by atoms with van der Waals surface area (Å²) >= 11 is 0. The van der Waals surface area contributed by atoms with Gasteiger partial charge in [0.05, 0.1) is 10.1 Å². The Morgan fingerprint density at radius 3 is 1.67 bits per heavy atom. The molecule has 0 spiro atoms. The fraction of sp³-hybridized carbons (Fsp3) is 1.00. The van der Waals surface area contributed by atoms with Gasteiger partial charge in [0, 0.05) is 5.75 Å². The quantitative estimate of drug-likeness (QED) is 0.317. The van der Waals surface area contributed by atoms with Crippen molar-refractivity contribution in [3.63, 3.8) is 0 Å². The van der Waals surface area contributed by atoms with Gasteiger partial charge in [0.2, 0.25) is 0 Å². The molecule has 0 aromatic heterocycles. The Balaban J connectivity index is 0. The van der Waals surface area contributed by atoms with Crippen LogP contribution in [0.2, 0.25) is 0 Å². The largest absolute Gasteiger partial charge is 1.00 e. The van der Waals surface area contributed by atoms with Crippen molar-refractivity contribution in [2.45, 2.75) is 58.3 Å². The fourth-order valence-corrected chi connectivity index (χ4v) is 1.97. The van der Waals surface area contributed by atoms with Gasteiger partial charge in [-0.3, -0.25) is 0 Å². The maximum Gasteiger partial charge on any atom is 1.00 e. The zero-order valence-corrected chi connectivity index (χ0v) is 12.8. The molecule has 0 saturated carbocycles. The van der Waals surface area contributed by atoms with E-state index >= 15 is 0 Å². The van der Waals surface area contributed by atoms with Gasteiger partial charge in [0.1, 0.15) is 0 Å². The number of unbranched alkanes of at least 4 members (excludes halogenated alkanes) is 7. The molecule has 0 atom stereocenters. The van der Waals surface area contributed by atoms with Gasteiger partial charge in [-0.25, -0.2) is 8.42 Å². The molecule has 0 fully saturated rings. The summed E-state index contributed by atoms with van der Waals surface area (Å²) in [5.41, 5.74) is 0. The Bertz CT molecular complexity index is 215. The molecule has 86 valence electrons. The molecule has 0 N–H and O–H groups in total. The topological polar surface area (TPSA) is 57.2 Å². The minimum atomic E-state index is -3.98. The van der Waals surface area contributed by atoms with Crippen molar-refractivity contribution in [1.82, 2.24) is 0 Å². The molecule has 15 heavy (non-hydrogen) atoms. The molecular formula is C10H21NaO3S. The minimum absolute atomic E-state index is 0. The van der Waals surface area contributed by atoms with Crippen molar-refractivity contribution in [1.29, 1.82) is 0 Å². The predicted octanol–water partition coefficient (Wildman–Crippen LogP) is -0.324. The van der Waals surface area contributed by atoms with Gasteiger partial charge >= 0.3 is 29.6 Å². The molecule has 3 nitrogen and oxygen atoms in total. The van der Waals surface area contributed by atoms with Crippen LogP contribution in [0.5, 0.6) is 0 Å². The van der Waals surface area contributed by atoms with Crippen molar-refractivity contribution < 1.29 is 42.5 Å². The van der Waals surface area contributed by atoms with E-state index in [1.165, 1.54) is 32.1 Å². The van der Waals surface area contributed by atoms with Crippen LogP contribution in [0.4, 0.5) is 0 Å². The summed E-state index contributed by atoms with van der Waals surface area (Å²) in [6.45, 7) is 2.18. The third kappa shape index (κ3) is 17.5. The fourth-order valence-electron chi connectivity index (χ4n) is 1.41. The van der Waals surface area contributed by atoms with Crippen LogP contribution in [0.3, 0.4) is 0 Å². The first-order valence-electron chi connectivity index (χ1n) is 5.50. The van der Waals surface area contributed by atoms with E-state index in [1.807, 2.05) is 0 Å². The molecule has 0 bridgehead atoms. The molecule has 0 aliphatic rings. The normalized spacial score (nSPS) is 11.1. The van der Waals surface area contributed by atoms with E-state index in [-0.39, 0.29) is 35.3 Å². The second-order valence-electron chi connectivity index (χ2n) is 3.74. The Morgan fingerprint density at radius 1 is 0.867 bits per heavy atom. The Hall–Kier alpha value is 0.910. The maximum absolute atomic E-state index is 10.2. The summed E-state index contributed by atoms with van der Waals surface area (Å²) in [6, 6.07) is 0. The maximum atomic E-state index is 10.2. The summed E-state index contributed by atoms with van der Waals surface area (Å²) in [5, 5.41) is 0. The molecule has 0 saturated heterocycles. The zero-order chi connectivity index (χ0) is 10.9. The number of rotatable bonds is 9. The van der Waals surface area contributed by atoms with Gasteiger partial charge in [0.15, 0.2) is 0 Å². The van der Waals surface area contributed by atoms with Gasteiger partial charge in [-0.1, -0.05) is 51.9 Å². The second kappa shape index (κ2) is 11.4. The third-order valence-corrected chi connectivity index (χ3v) is 3.04. The van der Waals surface area contributed by atoms with Crippen molar-refractivity contribution in [2.75, 3.05) is 5.75 Å². The van der Waals surface area contributed by atoms with Crippen LogP contribution in [0.25, 0.3) is 0 Å². The van der Waals surface area contributed by atoms with Crippen molar-refractivity contribution in [3.05, 3.63) is 0 Å². The Morgan fingerprint density at radius 2 is 1.27 bits per heavy atom. The molecule has 0 heterocycles. The summed E-state index contributed by atoms with van der Waals surface area (Å²) in [4.78, 5) is 0. The molecule has 0 aliphatic carbocycles. The molecule has 0 radical (unpaired) electrons. The molecule has 0 unspecified atom stereocenters. The average molecular weight is 244 g/mol. The third-order valence-electron chi connectivity index (χ3n) is 2.25. The molecule has 0 aromatic carbocycles. The number of hydrogen-bond acceptors (Lipinski definition) is 3. The Kier molecular flexibility index (Phi) is 13.9. The van der Waals surface area contributed by atoms with Gasteiger partial charge in [-0.2, -0.15) is 0 Å². The minimum Gasteiger partial charge on any atom is -0.748 e. The first-order valence-corrected chi connectivity index (χ1v) is 7.07. The molecule has 0 aliphatic heterocycles. The van der Waals surface area contributed by atoms with Gasteiger partial charge in [-0.05, 0) is 6.42 Å². The van der Waals surface area contributed by atoms with E-state index in [0.29, 0.717) is 6.42 Å². The van der Waals surface area contributed by atoms with Crippen LogP contribution in [0.1, 0.15) is 58.3 Å². The summed E-state index contributed by atoms with van der Waals surface area (Å²) in [6.07, 6.45) is 8.66. The van der Waals surface area contributed by atoms with Crippen LogP contribution in [-0.2, 0) is 10.1 Å². The van der Waals surface area contributed by atoms with Crippen LogP contribution in [0.15, 0.2) is 0 Å². The van der Waals surface area contributed by atoms with Gasteiger partial charge in [-0.15, -0.1) is 0 Å². The van der Waals surface area contributed by atoms with Crippen LogP contribution < -0.4 is 29.6 Å². The van der Waals surface area contributed by atoms with E-state index in [1.54, 1.807) is 0 Å². The van der Waals surface area contributed by atoms with Crippen molar-refractivity contribution in [2.24, 2.45) is 0 Å². The average Bonchev–Trinajstić information content (AvgIpc) is 2.08. The van der Waals surface area contributed by atoms with Crippen LogP contribution >= 0.6 is 0 Å². The van der Waals surface area contributed by atoms with E-state index in [4.69, 9.17) is 0 Å². The SMILES string of the molecule is CCCCCCCCCCS(=O)(=O)[O-].[Na+]. The smallest absolute Gasteiger partial charge is 0.748 e.